The predicted molar refractivity (Wildman–Crippen MR) is 68.2 cm³/mol. The first-order chi connectivity index (χ1) is 7.20. The number of benzene rings is 1. The fourth-order valence-corrected chi connectivity index (χ4v) is 2.93. The van der Waals surface area contributed by atoms with E-state index in [0.29, 0.717) is 12.1 Å². The SMILES string of the molecule is CN(c1ccccc1Br)C1CCCC1N. The molecule has 0 bridgehead atoms. The number of anilines is 1. The highest BCUT2D eigenvalue weighted by atomic mass is 79.9. The minimum atomic E-state index is 0.321. The first-order valence-electron chi connectivity index (χ1n) is 5.43. The quantitative estimate of drug-likeness (QED) is 0.894. The highest BCUT2D eigenvalue weighted by Gasteiger charge is 2.28. The molecule has 2 rings (SSSR count). The Morgan fingerprint density at radius 2 is 2.07 bits per heavy atom. The van der Waals surface area contributed by atoms with E-state index in [4.69, 9.17) is 5.73 Å². The molecular weight excluding hydrogens is 252 g/mol. The summed E-state index contributed by atoms with van der Waals surface area (Å²) in [5, 5.41) is 0. The van der Waals surface area contributed by atoms with Crippen LogP contribution in [-0.4, -0.2) is 19.1 Å². The average Bonchev–Trinajstić information content (AvgIpc) is 2.64. The zero-order chi connectivity index (χ0) is 10.8. The van der Waals surface area contributed by atoms with E-state index < -0.39 is 0 Å². The lowest BCUT2D eigenvalue weighted by molar-refractivity contribution is 0.572. The smallest absolute Gasteiger partial charge is 0.0511 e. The van der Waals surface area contributed by atoms with Gasteiger partial charge in [0.05, 0.1) is 5.69 Å². The Morgan fingerprint density at radius 3 is 2.67 bits per heavy atom. The molecule has 2 nitrogen and oxygen atoms in total. The van der Waals surface area contributed by atoms with Crippen LogP contribution in [-0.2, 0) is 0 Å². The highest BCUT2D eigenvalue weighted by Crippen LogP contribution is 2.31. The van der Waals surface area contributed by atoms with Gasteiger partial charge >= 0.3 is 0 Å². The van der Waals surface area contributed by atoms with Gasteiger partial charge in [-0.1, -0.05) is 12.1 Å². The standard InChI is InChI=1S/C12H17BrN2/c1-15(12-8-4-6-10(12)14)11-7-3-2-5-9(11)13/h2-3,5,7,10,12H,4,6,8,14H2,1H3. The molecule has 0 heterocycles. The van der Waals surface area contributed by atoms with Gasteiger partial charge in [-0.2, -0.15) is 0 Å². The summed E-state index contributed by atoms with van der Waals surface area (Å²) in [5.74, 6) is 0. The number of hydrogen-bond acceptors (Lipinski definition) is 2. The zero-order valence-corrected chi connectivity index (χ0v) is 10.6. The van der Waals surface area contributed by atoms with Gasteiger partial charge in [0.25, 0.3) is 0 Å². The number of nitrogens with two attached hydrogens (primary N) is 1. The Balaban J connectivity index is 2.20. The van der Waals surface area contributed by atoms with E-state index in [2.05, 4.69) is 46.1 Å². The van der Waals surface area contributed by atoms with Crippen molar-refractivity contribution in [2.75, 3.05) is 11.9 Å². The molecule has 0 amide bonds. The van der Waals surface area contributed by atoms with E-state index in [0.717, 1.165) is 10.9 Å². The van der Waals surface area contributed by atoms with E-state index in [1.165, 1.54) is 18.5 Å². The van der Waals surface area contributed by atoms with Crippen LogP contribution in [0.25, 0.3) is 0 Å². The summed E-state index contributed by atoms with van der Waals surface area (Å²) in [6.45, 7) is 0. The average molecular weight is 269 g/mol. The van der Waals surface area contributed by atoms with Gasteiger partial charge in [-0.05, 0) is 47.3 Å². The molecule has 0 saturated heterocycles. The van der Waals surface area contributed by atoms with E-state index in [1.54, 1.807) is 0 Å². The number of para-hydroxylation sites is 1. The van der Waals surface area contributed by atoms with Crippen LogP contribution in [0.1, 0.15) is 19.3 Å². The molecule has 3 heteroatoms. The maximum absolute atomic E-state index is 6.11. The fourth-order valence-electron chi connectivity index (χ4n) is 2.37. The van der Waals surface area contributed by atoms with Gasteiger partial charge in [-0.15, -0.1) is 0 Å². The van der Waals surface area contributed by atoms with Crippen LogP contribution in [0.15, 0.2) is 28.7 Å². The van der Waals surface area contributed by atoms with Crippen molar-refractivity contribution >= 4 is 21.6 Å². The third-order valence-electron chi connectivity index (χ3n) is 3.26. The van der Waals surface area contributed by atoms with Gasteiger partial charge in [-0.3, -0.25) is 0 Å². The topological polar surface area (TPSA) is 29.3 Å². The van der Waals surface area contributed by atoms with Crippen molar-refractivity contribution in [3.05, 3.63) is 28.7 Å². The molecule has 2 atom stereocenters. The van der Waals surface area contributed by atoms with Gasteiger partial charge in [0.2, 0.25) is 0 Å². The lowest BCUT2D eigenvalue weighted by Gasteiger charge is -2.30. The molecule has 0 radical (unpaired) electrons. The van der Waals surface area contributed by atoms with Crippen LogP contribution < -0.4 is 10.6 Å². The minimum absolute atomic E-state index is 0.321. The van der Waals surface area contributed by atoms with Crippen molar-refractivity contribution in [2.45, 2.75) is 31.3 Å². The van der Waals surface area contributed by atoms with E-state index in [1.807, 2.05) is 6.07 Å². The maximum Gasteiger partial charge on any atom is 0.0511 e. The van der Waals surface area contributed by atoms with Crippen LogP contribution in [0.4, 0.5) is 5.69 Å². The molecule has 15 heavy (non-hydrogen) atoms. The molecule has 2 N–H and O–H groups in total. The molecule has 0 aliphatic heterocycles. The third-order valence-corrected chi connectivity index (χ3v) is 3.93. The van der Waals surface area contributed by atoms with Gasteiger partial charge in [0.15, 0.2) is 0 Å². The van der Waals surface area contributed by atoms with Crippen LogP contribution in [0, 0.1) is 0 Å². The van der Waals surface area contributed by atoms with Gasteiger partial charge in [0.1, 0.15) is 0 Å². The third kappa shape index (κ3) is 2.18. The fraction of sp³-hybridized carbons (Fsp3) is 0.500. The van der Waals surface area contributed by atoms with Crippen molar-refractivity contribution in [2.24, 2.45) is 5.73 Å². The lowest BCUT2D eigenvalue weighted by atomic mass is 10.1. The molecule has 0 spiro atoms. The van der Waals surface area contributed by atoms with Crippen molar-refractivity contribution in [1.29, 1.82) is 0 Å². The molecule has 1 aliphatic rings. The Hall–Kier alpha value is -0.540. The van der Waals surface area contributed by atoms with Crippen LogP contribution in [0.3, 0.4) is 0 Å². The van der Waals surface area contributed by atoms with E-state index in [9.17, 15) is 0 Å². The Labute approximate surface area is 99.6 Å². The summed E-state index contributed by atoms with van der Waals surface area (Å²) in [6, 6.07) is 9.12. The minimum Gasteiger partial charge on any atom is -0.369 e. The molecule has 2 unspecified atom stereocenters. The molecule has 1 saturated carbocycles. The van der Waals surface area contributed by atoms with E-state index >= 15 is 0 Å². The van der Waals surface area contributed by atoms with Gasteiger partial charge < -0.3 is 10.6 Å². The number of likely N-dealkylation sites (N-methyl/N-ethyl adjacent to an activating group) is 1. The van der Waals surface area contributed by atoms with Crippen molar-refractivity contribution < 1.29 is 0 Å². The number of halogens is 1. The Morgan fingerprint density at radius 1 is 1.33 bits per heavy atom. The first-order valence-corrected chi connectivity index (χ1v) is 6.22. The molecule has 1 aromatic carbocycles. The monoisotopic (exact) mass is 268 g/mol. The molecule has 82 valence electrons. The molecule has 1 aromatic rings. The second-order valence-electron chi connectivity index (χ2n) is 4.22. The summed E-state index contributed by atoms with van der Waals surface area (Å²) in [4.78, 5) is 2.31. The van der Waals surface area contributed by atoms with Crippen molar-refractivity contribution in [1.82, 2.24) is 0 Å². The Bertz CT molecular complexity index is 340. The molecule has 0 aromatic heterocycles. The number of rotatable bonds is 2. The summed E-state index contributed by atoms with van der Waals surface area (Å²) >= 11 is 3.58. The predicted octanol–water partition coefficient (Wildman–Crippen LogP) is 2.77. The molecule has 1 fully saturated rings. The van der Waals surface area contributed by atoms with Crippen LogP contribution in [0.2, 0.25) is 0 Å². The second-order valence-corrected chi connectivity index (χ2v) is 5.08. The van der Waals surface area contributed by atoms with E-state index in [-0.39, 0.29) is 0 Å². The lowest BCUT2D eigenvalue weighted by Crippen LogP contribution is -2.42. The number of hydrogen-bond donors (Lipinski definition) is 1. The normalized spacial score (nSPS) is 25.5. The summed E-state index contributed by atoms with van der Waals surface area (Å²) < 4.78 is 1.15. The molecular formula is C12H17BrN2. The largest absolute Gasteiger partial charge is 0.369 e. The van der Waals surface area contributed by atoms with Crippen LogP contribution in [0.5, 0.6) is 0 Å². The van der Waals surface area contributed by atoms with Gasteiger partial charge in [0, 0.05) is 23.6 Å². The summed E-state index contributed by atoms with van der Waals surface area (Å²) in [7, 11) is 2.13. The summed E-state index contributed by atoms with van der Waals surface area (Å²) in [6.07, 6.45) is 3.61. The maximum atomic E-state index is 6.11. The van der Waals surface area contributed by atoms with Crippen molar-refractivity contribution in [3.63, 3.8) is 0 Å². The zero-order valence-electron chi connectivity index (χ0n) is 8.99. The summed E-state index contributed by atoms with van der Waals surface area (Å²) in [5.41, 5.74) is 7.35. The highest BCUT2D eigenvalue weighted by molar-refractivity contribution is 9.10. The van der Waals surface area contributed by atoms with Crippen LogP contribution >= 0.6 is 15.9 Å². The Kier molecular flexibility index (Phi) is 3.32. The first kappa shape index (κ1) is 11.0. The number of nitrogens with zero attached hydrogens (tertiary/aromatic N) is 1. The second kappa shape index (κ2) is 4.54. The van der Waals surface area contributed by atoms with Crippen molar-refractivity contribution in [3.8, 4) is 0 Å². The molecule has 1 aliphatic carbocycles. The van der Waals surface area contributed by atoms with Gasteiger partial charge in [-0.25, -0.2) is 0 Å².